The monoisotopic (exact) mass is 327 g/mol. The van der Waals surface area contributed by atoms with Gasteiger partial charge in [-0.25, -0.2) is 0 Å². The highest BCUT2D eigenvalue weighted by Crippen LogP contribution is 2.10. The summed E-state index contributed by atoms with van der Waals surface area (Å²) in [6.07, 6.45) is 0. The summed E-state index contributed by atoms with van der Waals surface area (Å²) in [5.74, 6) is -0.698. The van der Waals surface area contributed by atoms with Crippen LogP contribution in [0.25, 0.3) is 0 Å². The summed E-state index contributed by atoms with van der Waals surface area (Å²) >= 11 is 0. The van der Waals surface area contributed by atoms with Crippen LogP contribution < -0.4 is 11.1 Å². The molecule has 0 saturated heterocycles. The molecule has 2 amide bonds. The number of benzene rings is 2. The zero-order chi connectivity index (χ0) is 17.4. The van der Waals surface area contributed by atoms with Gasteiger partial charge in [0.2, 0.25) is 11.8 Å². The number of primary amides is 1. The molecule has 6 nitrogen and oxygen atoms in total. The number of rotatable bonds is 8. The van der Waals surface area contributed by atoms with Gasteiger partial charge in [-0.2, -0.15) is 0 Å². The van der Waals surface area contributed by atoms with E-state index in [1.165, 1.54) is 0 Å². The van der Waals surface area contributed by atoms with Gasteiger partial charge >= 0.3 is 0 Å². The molecule has 0 fully saturated rings. The molecule has 24 heavy (non-hydrogen) atoms. The number of nitrogens with zero attached hydrogens (tertiary/aromatic N) is 1. The van der Waals surface area contributed by atoms with E-state index in [0.29, 0.717) is 24.3 Å². The molecular weight excluding hydrogens is 306 g/mol. The molecule has 2 rings (SSSR count). The first-order chi connectivity index (χ1) is 11.6. The van der Waals surface area contributed by atoms with Crippen LogP contribution in [0.2, 0.25) is 0 Å². The van der Waals surface area contributed by atoms with Gasteiger partial charge in [-0.15, -0.1) is 0 Å². The Labute approximate surface area is 140 Å². The van der Waals surface area contributed by atoms with Crippen LogP contribution >= 0.6 is 0 Å². The highest BCUT2D eigenvalue weighted by molar-refractivity contribution is 5.95. The molecule has 0 aliphatic heterocycles. The number of hydrogen-bond acceptors (Lipinski definition) is 4. The largest absolute Gasteiger partial charge is 0.395 e. The van der Waals surface area contributed by atoms with Crippen LogP contribution in [0.15, 0.2) is 54.6 Å². The van der Waals surface area contributed by atoms with Crippen LogP contribution in [0.4, 0.5) is 5.69 Å². The Hall–Kier alpha value is -2.70. The number of anilines is 1. The minimum absolute atomic E-state index is 0.0204. The Balaban J connectivity index is 1.93. The Morgan fingerprint density at radius 2 is 1.71 bits per heavy atom. The fraction of sp³-hybridized carbons (Fsp3) is 0.222. The van der Waals surface area contributed by atoms with Crippen molar-refractivity contribution in [2.75, 3.05) is 25.0 Å². The predicted molar refractivity (Wildman–Crippen MR) is 92.4 cm³/mol. The standard InChI is InChI=1S/C18H21N3O3/c19-18(24)15-6-8-16(9-7-15)20-17(23)13-21(10-11-22)12-14-4-2-1-3-5-14/h1-9,22H,10-13H2,(H2,19,24)(H,20,23). The zero-order valence-electron chi connectivity index (χ0n) is 13.3. The van der Waals surface area contributed by atoms with Crippen LogP contribution in [-0.4, -0.2) is 41.5 Å². The maximum atomic E-state index is 12.2. The number of hydrogen-bond donors (Lipinski definition) is 3. The quantitative estimate of drug-likeness (QED) is 0.679. The minimum atomic E-state index is -0.509. The summed E-state index contributed by atoms with van der Waals surface area (Å²) in [7, 11) is 0. The van der Waals surface area contributed by atoms with Gasteiger partial charge in [0.15, 0.2) is 0 Å². The lowest BCUT2D eigenvalue weighted by Crippen LogP contribution is -2.34. The lowest BCUT2D eigenvalue weighted by molar-refractivity contribution is -0.117. The minimum Gasteiger partial charge on any atom is -0.395 e. The molecule has 0 aromatic heterocycles. The Morgan fingerprint density at radius 1 is 1.04 bits per heavy atom. The van der Waals surface area contributed by atoms with Gasteiger partial charge in [-0.1, -0.05) is 30.3 Å². The molecule has 0 heterocycles. The van der Waals surface area contributed by atoms with E-state index in [-0.39, 0.29) is 19.1 Å². The third-order valence-electron chi connectivity index (χ3n) is 3.49. The van der Waals surface area contributed by atoms with Gasteiger partial charge < -0.3 is 16.2 Å². The lowest BCUT2D eigenvalue weighted by Gasteiger charge is -2.20. The Morgan fingerprint density at radius 3 is 2.29 bits per heavy atom. The van der Waals surface area contributed by atoms with Gasteiger partial charge in [0.05, 0.1) is 13.2 Å². The van der Waals surface area contributed by atoms with E-state index in [9.17, 15) is 14.7 Å². The predicted octanol–water partition coefficient (Wildman–Crippen LogP) is 1.22. The summed E-state index contributed by atoms with van der Waals surface area (Å²) in [5, 5.41) is 12.0. The van der Waals surface area contributed by atoms with Crippen molar-refractivity contribution in [3.63, 3.8) is 0 Å². The summed E-state index contributed by atoms with van der Waals surface area (Å²) in [6, 6.07) is 16.1. The fourth-order valence-corrected chi connectivity index (χ4v) is 2.32. The molecule has 2 aromatic carbocycles. The number of nitrogens with two attached hydrogens (primary N) is 1. The third kappa shape index (κ3) is 5.49. The fourth-order valence-electron chi connectivity index (χ4n) is 2.32. The first-order valence-electron chi connectivity index (χ1n) is 7.65. The molecule has 0 saturated carbocycles. The molecule has 0 spiro atoms. The Kier molecular flexibility index (Phi) is 6.48. The molecule has 0 aliphatic rings. The molecule has 2 aromatic rings. The second-order valence-corrected chi connectivity index (χ2v) is 5.41. The molecule has 0 radical (unpaired) electrons. The van der Waals surface area contributed by atoms with Gasteiger partial charge in [-0.05, 0) is 29.8 Å². The average Bonchev–Trinajstić information content (AvgIpc) is 2.56. The molecule has 0 aliphatic carbocycles. The average molecular weight is 327 g/mol. The topological polar surface area (TPSA) is 95.7 Å². The van der Waals surface area contributed by atoms with Crippen molar-refractivity contribution in [2.24, 2.45) is 5.73 Å². The van der Waals surface area contributed by atoms with Crippen molar-refractivity contribution in [2.45, 2.75) is 6.54 Å². The number of aliphatic hydroxyl groups excluding tert-OH is 1. The molecule has 0 atom stereocenters. The maximum Gasteiger partial charge on any atom is 0.248 e. The highest BCUT2D eigenvalue weighted by atomic mass is 16.3. The molecule has 126 valence electrons. The van der Waals surface area contributed by atoms with Crippen molar-refractivity contribution in [3.8, 4) is 0 Å². The SMILES string of the molecule is NC(=O)c1ccc(NC(=O)CN(CCO)Cc2ccccc2)cc1. The van der Waals surface area contributed by atoms with E-state index >= 15 is 0 Å². The van der Waals surface area contributed by atoms with E-state index in [1.54, 1.807) is 24.3 Å². The first-order valence-corrected chi connectivity index (χ1v) is 7.65. The van der Waals surface area contributed by atoms with Gasteiger partial charge in [0.25, 0.3) is 0 Å². The molecule has 4 N–H and O–H groups in total. The summed E-state index contributed by atoms with van der Waals surface area (Å²) in [4.78, 5) is 25.1. The number of aliphatic hydroxyl groups is 1. The van der Waals surface area contributed by atoms with Crippen LogP contribution in [0.1, 0.15) is 15.9 Å². The van der Waals surface area contributed by atoms with Crippen LogP contribution in [0.5, 0.6) is 0 Å². The van der Waals surface area contributed by atoms with Crippen LogP contribution in [0, 0.1) is 0 Å². The first kappa shape index (κ1) is 17.7. The maximum absolute atomic E-state index is 12.2. The second-order valence-electron chi connectivity index (χ2n) is 5.41. The summed E-state index contributed by atoms with van der Waals surface area (Å²) < 4.78 is 0. The smallest absolute Gasteiger partial charge is 0.248 e. The summed E-state index contributed by atoms with van der Waals surface area (Å²) in [6.45, 7) is 1.12. The number of carbonyl (C=O) groups is 2. The molecule has 0 bridgehead atoms. The van der Waals surface area contributed by atoms with Crippen molar-refractivity contribution >= 4 is 17.5 Å². The molecule has 6 heteroatoms. The van der Waals surface area contributed by atoms with Gasteiger partial charge in [-0.3, -0.25) is 14.5 Å². The van der Waals surface area contributed by atoms with Crippen molar-refractivity contribution < 1.29 is 14.7 Å². The van der Waals surface area contributed by atoms with Crippen molar-refractivity contribution in [3.05, 3.63) is 65.7 Å². The second kappa shape index (κ2) is 8.81. The number of nitrogens with one attached hydrogen (secondary N) is 1. The highest BCUT2D eigenvalue weighted by Gasteiger charge is 2.11. The normalized spacial score (nSPS) is 10.6. The van der Waals surface area contributed by atoms with Crippen molar-refractivity contribution in [1.29, 1.82) is 0 Å². The lowest BCUT2D eigenvalue weighted by atomic mass is 10.2. The van der Waals surface area contributed by atoms with Crippen molar-refractivity contribution in [1.82, 2.24) is 4.90 Å². The molecule has 0 unspecified atom stereocenters. The van der Waals surface area contributed by atoms with Gasteiger partial charge in [0, 0.05) is 24.3 Å². The van der Waals surface area contributed by atoms with E-state index in [4.69, 9.17) is 5.73 Å². The Bertz CT molecular complexity index is 672. The zero-order valence-corrected chi connectivity index (χ0v) is 13.3. The van der Waals surface area contributed by atoms with Gasteiger partial charge in [0.1, 0.15) is 0 Å². The van der Waals surface area contributed by atoms with E-state index in [1.807, 2.05) is 35.2 Å². The van der Waals surface area contributed by atoms with Crippen LogP contribution in [0.3, 0.4) is 0 Å². The third-order valence-corrected chi connectivity index (χ3v) is 3.49. The van der Waals surface area contributed by atoms with E-state index in [2.05, 4.69) is 5.32 Å². The van der Waals surface area contributed by atoms with Crippen LogP contribution in [-0.2, 0) is 11.3 Å². The number of amides is 2. The number of carbonyl (C=O) groups excluding carboxylic acids is 2. The van der Waals surface area contributed by atoms with E-state index in [0.717, 1.165) is 5.56 Å². The van der Waals surface area contributed by atoms with E-state index < -0.39 is 5.91 Å². The molecular formula is C18H21N3O3. The summed E-state index contributed by atoms with van der Waals surface area (Å²) in [5.41, 5.74) is 7.23.